The van der Waals surface area contributed by atoms with Crippen LogP contribution in [0.25, 0.3) is 0 Å². The van der Waals surface area contributed by atoms with Gasteiger partial charge in [-0.25, -0.2) is 0 Å². The fourth-order valence-corrected chi connectivity index (χ4v) is 6.23. The van der Waals surface area contributed by atoms with Gasteiger partial charge in [0.2, 0.25) is 0 Å². The molecular formula is C19H27N. The lowest BCUT2D eigenvalue weighted by Gasteiger charge is -2.62. The van der Waals surface area contributed by atoms with Crippen LogP contribution >= 0.6 is 0 Å². The third-order valence-electron chi connectivity index (χ3n) is 6.49. The van der Waals surface area contributed by atoms with Gasteiger partial charge in [-0.3, -0.25) is 0 Å². The summed E-state index contributed by atoms with van der Waals surface area (Å²) in [4.78, 5) is 0. The summed E-state index contributed by atoms with van der Waals surface area (Å²) in [6.07, 6.45) is 8.95. The molecule has 0 amide bonds. The smallest absolute Gasteiger partial charge is 0.00464 e. The van der Waals surface area contributed by atoms with E-state index in [1.165, 1.54) is 38.6 Å². The van der Waals surface area contributed by atoms with Gasteiger partial charge in [-0.2, -0.15) is 0 Å². The zero-order valence-electron chi connectivity index (χ0n) is 12.6. The van der Waals surface area contributed by atoms with E-state index >= 15 is 0 Å². The minimum absolute atomic E-state index is 0.610. The van der Waals surface area contributed by atoms with E-state index < -0.39 is 0 Å². The molecule has 20 heavy (non-hydrogen) atoms. The lowest BCUT2D eigenvalue weighted by molar-refractivity contribution is -0.0794. The SMILES string of the molecule is CNCCC12CC3CC(CC(C3)C1c1ccccc1)C2. The normalized spacial score (nSPS) is 42.0. The molecule has 1 N–H and O–H groups in total. The van der Waals surface area contributed by atoms with Crippen molar-refractivity contribution < 1.29 is 0 Å². The van der Waals surface area contributed by atoms with Crippen molar-refractivity contribution in [2.45, 2.75) is 44.4 Å². The molecule has 4 fully saturated rings. The second kappa shape index (κ2) is 4.87. The van der Waals surface area contributed by atoms with E-state index in [2.05, 4.69) is 42.7 Å². The first-order valence-electron chi connectivity index (χ1n) is 8.50. The fraction of sp³-hybridized carbons (Fsp3) is 0.684. The molecule has 0 spiro atoms. The lowest BCUT2D eigenvalue weighted by atomic mass is 9.43. The zero-order valence-corrected chi connectivity index (χ0v) is 12.6. The van der Waals surface area contributed by atoms with Crippen LogP contribution in [-0.2, 0) is 0 Å². The maximum Gasteiger partial charge on any atom is -0.00464 e. The van der Waals surface area contributed by atoms with E-state index in [9.17, 15) is 0 Å². The maximum atomic E-state index is 3.41. The highest BCUT2D eigenvalue weighted by Crippen LogP contribution is 2.67. The third kappa shape index (κ3) is 1.94. The van der Waals surface area contributed by atoms with Gasteiger partial charge in [0.25, 0.3) is 0 Å². The van der Waals surface area contributed by atoms with Crippen molar-refractivity contribution in [3.8, 4) is 0 Å². The van der Waals surface area contributed by atoms with Crippen LogP contribution in [0.4, 0.5) is 0 Å². The molecule has 4 aliphatic rings. The molecular weight excluding hydrogens is 242 g/mol. The summed E-state index contributed by atoms with van der Waals surface area (Å²) in [5.74, 6) is 3.90. The molecule has 5 rings (SSSR count). The summed E-state index contributed by atoms with van der Waals surface area (Å²) in [5.41, 5.74) is 2.24. The van der Waals surface area contributed by atoms with E-state index in [4.69, 9.17) is 0 Å². The molecule has 4 bridgehead atoms. The van der Waals surface area contributed by atoms with E-state index in [0.29, 0.717) is 5.41 Å². The molecule has 4 aliphatic carbocycles. The van der Waals surface area contributed by atoms with E-state index in [0.717, 1.165) is 23.7 Å². The minimum atomic E-state index is 0.610. The Balaban J connectivity index is 1.71. The first kappa shape index (κ1) is 12.9. The predicted octanol–water partition coefficient (Wildman–Crippen LogP) is 4.21. The molecule has 0 heterocycles. The van der Waals surface area contributed by atoms with Crippen molar-refractivity contribution in [2.75, 3.05) is 13.6 Å². The van der Waals surface area contributed by atoms with E-state index in [1.807, 2.05) is 0 Å². The fourth-order valence-electron chi connectivity index (χ4n) is 6.23. The molecule has 0 radical (unpaired) electrons. The molecule has 4 saturated carbocycles. The third-order valence-corrected chi connectivity index (χ3v) is 6.49. The largest absolute Gasteiger partial charge is 0.320 e. The van der Waals surface area contributed by atoms with Crippen LogP contribution < -0.4 is 5.32 Å². The number of nitrogens with one attached hydrogen (secondary N) is 1. The number of benzene rings is 1. The summed E-state index contributed by atoms with van der Waals surface area (Å²) in [6.45, 7) is 1.19. The van der Waals surface area contributed by atoms with Gasteiger partial charge in [0.1, 0.15) is 0 Å². The zero-order chi connectivity index (χ0) is 13.6. The standard InChI is InChI=1S/C19H27N/c1-20-8-7-19-12-14-9-15(13-19)11-17(10-14)18(19)16-5-3-2-4-6-16/h2-6,14-15,17-18,20H,7-13H2,1H3. The molecule has 3 unspecified atom stereocenters. The molecule has 1 heteroatoms. The van der Waals surface area contributed by atoms with Crippen LogP contribution in [0.3, 0.4) is 0 Å². The summed E-state index contributed by atoms with van der Waals surface area (Å²) in [6, 6.07) is 11.4. The average Bonchev–Trinajstić information content (AvgIpc) is 2.45. The first-order valence-corrected chi connectivity index (χ1v) is 8.50. The molecule has 0 aliphatic heterocycles. The van der Waals surface area contributed by atoms with Crippen LogP contribution in [0, 0.1) is 23.2 Å². The van der Waals surface area contributed by atoms with Crippen LogP contribution in [-0.4, -0.2) is 13.6 Å². The Morgan fingerprint density at radius 2 is 1.75 bits per heavy atom. The van der Waals surface area contributed by atoms with Gasteiger partial charge < -0.3 is 5.32 Å². The highest BCUT2D eigenvalue weighted by molar-refractivity contribution is 5.27. The lowest BCUT2D eigenvalue weighted by Crippen LogP contribution is -2.52. The Bertz CT molecular complexity index is 452. The van der Waals surface area contributed by atoms with Crippen molar-refractivity contribution >= 4 is 0 Å². The predicted molar refractivity (Wildman–Crippen MR) is 83.7 cm³/mol. The van der Waals surface area contributed by atoms with E-state index in [-0.39, 0.29) is 0 Å². The second-order valence-corrected chi connectivity index (χ2v) is 7.71. The van der Waals surface area contributed by atoms with Crippen molar-refractivity contribution in [1.82, 2.24) is 5.32 Å². The molecule has 1 aromatic rings. The quantitative estimate of drug-likeness (QED) is 0.863. The van der Waals surface area contributed by atoms with Gasteiger partial charge in [0.15, 0.2) is 0 Å². The summed E-state index contributed by atoms with van der Waals surface area (Å²) >= 11 is 0. The maximum absolute atomic E-state index is 3.41. The molecule has 3 atom stereocenters. The Labute approximate surface area is 123 Å². The Morgan fingerprint density at radius 3 is 2.40 bits per heavy atom. The van der Waals surface area contributed by atoms with Crippen molar-refractivity contribution in [3.05, 3.63) is 35.9 Å². The second-order valence-electron chi connectivity index (χ2n) is 7.71. The average molecular weight is 269 g/mol. The topological polar surface area (TPSA) is 12.0 Å². The number of hydrogen-bond donors (Lipinski definition) is 1. The Kier molecular flexibility index (Phi) is 3.14. The van der Waals surface area contributed by atoms with Crippen LogP contribution in [0.2, 0.25) is 0 Å². The van der Waals surface area contributed by atoms with Crippen LogP contribution in [0.5, 0.6) is 0 Å². The minimum Gasteiger partial charge on any atom is -0.320 e. The summed E-state index contributed by atoms with van der Waals surface area (Å²) in [5, 5.41) is 3.41. The first-order chi connectivity index (χ1) is 9.81. The van der Waals surface area contributed by atoms with Crippen molar-refractivity contribution in [2.24, 2.45) is 23.2 Å². The van der Waals surface area contributed by atoms with Gasteiger partial charge >= 0.3 is 0 Å². The molecule has 0 saturated heterocycles. The van der Waals surface area contributed by atoms with Crippen LogP contribution in [0.15, 0.2) is 30.3 Å². The van der Waals surface area contributed by atoms with Crippen molar-refractivity contribution in [1.29, 1.82) is 0 Å². The summed E-state index contributed by atoms with van der Waals surface area (Å²) < 4.78 is 0. The molecule has 1 aromatic carbocycles. The number of rotatable bonds is 4. The molecule has 0 aromatic heterocycles. The monoisotopic (exact) mass is 269 g/mol. The van der Waals surface area contributed by atoms with Crippen LogP contribution in [0.1, 0.15) is 50.0 Å². The number of hydrogen-bond acceptors (Lipinski definition) is 1. The Morgan fingerprint density at radius 1 is 1.05 bits per heavy atom. The van der Waals surface area contributed by atoms with Gasteiger partial charge in [0, 0.05) is 0 Å². The molecule has 108 valence electrons. The summed E-state index contributed by atoms with van der Waals surface area (Å²) in [7, 11) is 2.11. The van der Waals surface area contributed by atoms with E-state index in [1.54, 1.807) is 12.0 Å². The highest BCUT2D eigenvalue weighted by atomic mass is 14.8. The van der Waals surface area contributed by atoms with Gasteiger partial charge in [-0.1, -0.05) is 30.3 Å². The Hall–Kier alpha value is -0.820. The van der Waals surface area contributed by atoms with Gasteiger partial charge in [-0.05, 0) is 86.8 Å². The van der Waals surface area contributed by atoms with Gasteiger partial charge in [0.05, 0.1) is 0 Å². The molecule has 1 nitrogen and oxygen atoms in total. The highest BCUT2D eigenvalue weighted by Gasteiger charge is 2.56. The van der Waals surface area contributed by atoms with Crippen molar-refractivity contribution in [3.63, 3.8) is 0 Å². The van der Waals surface area contributed by atoms with Gasteiger partial charge in [-0.15, -0.1) is 0 Å².